The van der Waals surface area contributed by atoms with Crippen LogP contribution in [0.5, 0.6) is 0 Å². The Hall–Kier alpha value is -0.650. The molecular weight excluding hydrogens is 246 g/mol. The summed E-state index contributed by atoms with van der Waals surface area (Å²) in [5.41, 5.74) is -1.01. The number of hydrogen-bond donors (Lipinski definition) is 2. The minimum atomic E-state index is -0.820. The van der Waals surface area contributed by atoms with E-state index in [0.29, 0.717) is 19.4 Å². The number of ether oxygens (including phenoxy) is 2. The van der Waals surface area contributed by atoms with Gasteiger partial charge in [-0.1, -0.05) is 0 Å². The zero-order chi connectivity index (χ0) is 14.5. The van der Waals surface area contributed by atoms with Crippen LogP contribution in [0.15, 0.2) is 0 Å². The standard InChI is InChI=1S/C14H27NO4/c1-13(2,18-4)8-9-19-11-6-5-7-14(10-11,15-3)12(16)17/h11,15H,5-10H2,1-4H3,(H,16,17). The molecule has 1 fully saturated rings. The lowest BCUT2D eigenvalue weighted by atomic mass is 9.80. The van der Waals surface area contributed by atoms with Crippen LogP contribution in [-0.4, -0.2) is 49.1 Å². The monoisotopic (exact) mass is 273 g/mol. The fourth-order valence-electron chi connectivity index (χ4n) is 2.47. The molecule has 5 nitrogen and oxygen atoms in total. The van der Waals surface area contributed by atoms with Crippen molar-refractivity contribution < 1.29 is 19.4 Å². The molecule has 0 bridgehead atoms. The van der Waals surface area contributed by atoms with E-state index in [1.165, 1.54) is 0 Å². The molecule has 0 aromatic carbocycles. The molecule has 0 saturated heterocycles. The maximum absolute atomic E-state index is 11.4. The van der Waals surface area contributed by atoms with E-state index in [1.54, 1.807) is 14.2 Å². The molecule has 2 atom stereocenters. The Morgan fingerprint density at radius 2 is 2.21 bits per heavy atom. The molecule has 1 aliphatic carbocycles. The topological polar surface area (TPSA) is 67.8 Å². The normalized spacial score (nSPS) is 28.3. The van der Waals surface area contributed by atoms with Crippen LogP contribution in [0.4, 0.5) is 0 Å². The number of methoxy groups -OCH3 is 1. The average molecular weight is 273 g/mol. The fourth-order valence-corrected chi connectivity index (χ4v) is 2.47. The summed E-state index contributed by atoms with van der Waals surface area (Å²) in [6.07, 6.45) is 3.84. The molecule has 2 unspecified atom stereocenters. The maximum atomic E-state index is 11.4. The van der Waals surface area contributed by atoms with Crippen LogP contribution in [-0.2, 0) is 14.3 Å². The van der Waals surface area contributed by atoms with Gasteiger partial charge in [0.25, 0.3) is 0 Å². The summed E-state index contributed by atoms with van der Waals surface area (Å²) in [6.45, 7) is 4.64. The first-order valence-corrected chi connectivity index (χ1v) is 6.94. The van der Waals surface area contributed by atoms with Crippen molar-refractivity contribution in [2.75, 3.05) is 20.8 Å². The summed E-state index contributed by atoms with van der Waals surface area (Å²) in [7, 11) is 3.40. The van der Waals surface area contributed by atoms with Crippen LogP contribution in [0.2, 0.25) is 0 Å². The summed E-state index contributed by atoms with van der Waals surface area (Å²) in [5.74, 6) is -0.777. The highest BCUT2D eigenvalue weighted by Gasteiger charge is 2.42. The van der Waals surface area contributed by atoms with Crippen LogP contribution < -0.4 is 5.32 Å². The van der Waals surface area contributed by atoms with Crippen molar-refractivity contribution >= 4 is 5.97 Å². The molecule has 5 heteroatoms. The van der Waals surface area contributed by atoms with E-state index < -0.39 is 11.5 Å². The van der Waals surface area contributed by atoms with Crippen molar-refractivity contribution in [2.24, 2.45) is 0 Å². The van der Waals surface area contributed by atoms with Crippen molar-refractivity contribution in [3.63, 3.8) is 0 Å². The fraction of sp³-hybridized carbons (Fsp3) is 0.929. The second kappa shape index (κ2) is 6.68. The summed E-state index contributed by atoms with van der Waals surface area (Å²) in [4.78, 5) is 11.4. The minimum Gasteiger partial charge on any atom is -0.480 e. The van der Waals surface area contributed by atoms with E-state index in [2.05, 4.69) is 5.32 Å². The van der Waals surface area contributed by atoms with Gasteiger partial charge in [0.05, 0.1) is 11.7 Å². The molecule has 0 aromatic heterocycles. The number of carbonyl (C=O) groups is 1. The van der Waals surface area contributed by atoms with Crippen molar-refractivity contribution in [1.82, 2.24) is 5.32 Å². The van der Waals surface area contributed by atoms with Gasteiger partial charge in [0.1, 0.15) is 5.54 Å². The average Bonchev–Trinajstić information content (AvgIpc) is 2.38. The van der Waals surface area contributed by atoms with Crippen LogP contribution in [0.1, 0.15) is 46.0 Å². The van der Waals surface area contributed by atoms with E-state index in [-0.39, 0.29) is 11.7 Å². The van der Waals surface area contributed by atoms with Gasteiger partial charge in [0, 0.05) is 20.1 Å². The predicted molar refractivity (Wildman–Crippen MR) is 73.3 cm³/mol. The SMILES string of the molecule is CNC1(C(=O)O)CCCC(OCCC(C)(C)OC)C1. The van der Waals surface area contributed by atoms with Gasteiger partial charge in [-0.05, 0) is 46.6 Å². The lowest BCUT2D eigenvalue weighted by molar-refractivity contribution is -0.149. The third-order valence-electron chi connectivity index (χ3n) is 4.20. The highest BCUT2D eigenvalue weighted by molar-refractivity contribution is 5.79. The van der Waals surface area contributed by atoms with Crippen molar-refractivity contribution in [2.45, 2.75) is 63.2 Å². The Balaban J connectivity index is 2.45. The number of nitrogens with one attached hydrogen (secondary N) is 1. The molecule has 1 aliphatic rings. The molecule has 112 valence electrons. The summed E-state index contributed by atoms with van der Waals surface area (Å²) in [5, 5.41) is 12.3. The summed E-state index contributed by atoms with van der Waals surface area (Å²) in [6, 6.07) is 0. The Kier molecular flexibility index (Phi) is 5.77. The first-order valence-electron chi connectivity index (χ1n) is 6.94. The van der Waals surface area contributed by atoms with Gasteiger partial charge in [0.15, 0.2) is 0 Å². The summed E-state index contributed by atoms with van der Waals surface area (Å²) >= 11 is 0. The van der Waals surface area contributed by atoms with Crippen LogP contribution >= 0.6 is 0 Å². The Labute approximate surface area is 115 Å². The minimum absolute atomic E-state index is 0.0185. The third-order valence-corrected chi connectivity index (χ3v) is 4.20. The van der Waals surface area contributed by atoms with E-state index in [9.17, 15) is 9.90 Å². The number of aliphatic carboxylic acids is 1. The van der Waals surface area contributed by atoms with Crippen LogP contribution in [0.3, 0.4) is 0 Å². The van der Waals surface area contributed by atoms with E-state index in [4.69, 9.17) is 9.47 Å². The molecule has 0 aromatic rings. The van der Waals surface area contributed by atoms with Crippen LogP contribution in [0.25, 0.3) is 0 Å². The Morgan fingerprint density at radius 1 is 1.53 bits per heavy atom. The number of likely N-dealkylation sites (N-methyl/N-ethyl adjacent to an activating group) is 1. The van der Waals surface area contributed by atoms with Crippen molar-refractivity contribution in [3.8, 4) is 0 Å². The molecule has 0 radical (unpaired) electrons. The maximum Gasteiger partial charge on any atom is 0.323 e. The zero-order valence-corrected chi connectivity index (χ0v) is 12.5. The number of carboxylic acids is 1. The molecule has 0 spiro atoms. The molecule has 1 saturated carbocycles. The van der Waals surface area contributed by atoms with Gasteiger partial charge >= 0.3 is 5.97 Å². The number of carboxylic acid groups (broad SMARTS) is 1. The smallest absolute Gasteiger partial charge is 0.323 e. The molecule has 0 heterocycles. The second-order valence-electron chi connectivity index (χ2n) is 5.94. The van der Waals surface area contributed by atoms with Gasteiger partial charge in [-0.15, -0.1) is 0 Å². The first kappa shape index (κ1) is 16.4. The zero-order valence-electron chi connectivity index (χ0n) is 12.5. The van der Waals surface area contributed by atoms with Gasteiger partial charge in [-0.2, -0.15) is 0 Å². The largest absolute Gasteiger partial charge is 0.480 e. The molecule has 0 aliphatic heterocycles. The molecule has 0 amide bonds. The first-order chi connectivity index (χ1) is 8.85. The number of hydrogen-bond acceptors (Lipinski definition) is 4. The van der Waals surface area contributed by atoms with Crippen molar-refractivity contribution in [3.05, 3.63) is 0 Å². The van der Waals surface area contributed by atoms with E-state index in [1.807, 2.05) is 13.8 Å². The molecular formula is C14H27NO4. The highest BCUT2D eigenvalue weighted by atomic mass is 16.5. The van der Waals surface area contributed by atoms with Gasteiger partial charge in [-0.25, -0.2) is 0 Å². The lowest BCUT2D eigenvalue weighted by Crippen LogP contribution is -2.54. The highest BCUT2D eigenvalue weighted by Crippen LogP contribution is 2.30. The second-order valence-corrected chi connectivity index (χ2v) is 5.94. The van der Waals surface area contributed by atoms with Gasteiger partial charge in [-0.3, -0.25) is 4.79 Å². The van der Waals surface area contributed by atoms with E-state index in [0.717, 1.165) is 19.3 Å². The van der Waals surface area contributed by atoms with Gasteiger partial charge < -0.3 is 19.9 Å². The summed E-state index contributed by atoms with van der Waals surface area (Å²) < 4.78 is 11.2. The predicted octanol–water partition coefficient (Wildman–Crippen LogP) is 1.80. The Morgan fingerprint density at radius 3 is 2.74 bits per heavy atom. The third kappa shape index (κ3) is 4.44. The lowest BCUT2D eigenvalue weighted by Gasteiger charge is -2.37. The quantitative estimate of drug-likeness (QED) is 0.740. The van der Waals surface area contributed by atoms with Gasteiger partial charge in [0.2, 0.25) is 0 Å². The van der Waals surface area contributed by atoms with E-state index >= 15 is 0 Å². The molecule has 2 N–H and O–H groups in total. The number of rotatable bonds is 7. The van der Waals surface area contributed by atoms with Crippen molar-refractivity contribution in [1.29, 1.82) is 0 Å². The molecule has 1 rings (SSSR count). The van der Waals surface area contributed by atoms with Crippen LogP contribution in [0, 0.1) is 0 Å². The Bertz CT molecular complexity index is 306. The molecule has 19 heavy (non-hydrogen) atoms.